The van der Waals surface area contributed by atoms with E-state index in [1.165, 1.54) is 32.1 Å². The summed E-state index contributed by atoms with van der Waals surface area (Å²) >= 11 is 0. The van der Waals surface area contributed by atoms with Crippen LogP contribution in [0.2, 0.25) is 0 Å². The van der Waals surface area contributed by atoms with Gasteiger partial charge in [0.15, 0.2) is 5.78 Å². The highest BCUT2D eigenvalue weighted by Gasteiger charge is 2.14. The molecular formula is C14H19NO2. The molecule has 0 radical (unpaired) electrons. The van der Waals surface area contributed by atoms with Crippen molar-refractivity contribution in [2.75, 3.05) is 6.54 Å². The molecule has 0 saturated heterocycles. The lowest BCUT2D eigenvalue weighted by Crippen LogP contribution is -2.35. The van der Waals surface area contributed by atoms with E-state index in [1.54, 1.807) is 24.3 Å². The van der Waals surface area contributed by atoms with Crippen molar-refractivity contribution in [1.29, 1.82) is 0 Å². The molecule has 0 heterocycles. The van der Waals surface area contributed by atoms with Gasteiger partial charge in [0, 0.05) is 11.6 Å². The van der Waals surface area contributed by atoms with Crippen molar-refractivity contribution in [1.82, 2.24) is 5.32 Å². The lowest BCUT2D eigenvalue weighted by atomic mass is 9.95. The molecule has 3 heteroatoms. The summed E-state index contributed by atoms with van der Waals surface area (Å²) in [5.74, 6) is 0.289. The maximum atomic E-state index is 11.9. The van der Waals surface area contributed by atoms with E-state index in [4.69, 9.17) is 5.11 Å². The molecule has 2 N–H and O–H groups in total. The van der Waals surface area contributed by atoms with Crippen LogP contribution in [0.3, 0.4) is 0 Å². The molecule has 1 saturated carbocycles. The number of carbonyl (C=O) groups is 1. The number of hydrogen-bond donors (Lipinski definition) is 2. The smallest absolute Gasteiger partial charge is 0.176 e. The number of hydrogen-bond acceptors (Lipinski definition) is 3. The number of Topliss-reactive ketones (excluding diaryl/α,β-unsaturated/α-hetero) is 1. The third-order valence-corrected chi connectivity index (χ3v) is 3.35. The van der Waals surface area contributed by atoms with Gasteiger partial charge in [0.2, 0.25) is 0 Å². The van der Waals surface area contributed by atoms with Crippen molar-refractivity contribution < 1.29 is 9.90 Å². The highest BCUT2D eigenvalue weighted by molar-refractivity contribution is 5.97. The zero-order chi connectivity index (χ0) is 12.1. The highest BCUT2D eigenvalue weighted by Crippen LogP contribution is 2.17. The summed E-state index contributed by atoms with van der Waals surface area (Å²) < 4.78 is 0. The van der Waals surface area contributed by atoms with Gasteiger partial charge in [0.05, 0.1) is 6.54 Å². The SMILES string of the molecule is O=C(CNC1CCCCC1)c1ccc(O)cc1. The van der Waals surface area contributed by atoms with Crippen LogP contribution >= 0.6 is 0 Å². The van der Waals surface area contributed by atoms with Crippen LogP contribution in [0.5, 0.6) is 5.75 Å². The second kappa shape index (κ2) is 5.82. The summed E-state index contributed by atoms with van der Waals surface area (Å²) in [4.78, 5) is 11.9. The van der Waals surface area contributed by atoms with E-state index >= 15 is 0 Å². The molecule has 1 aliphatic carbocycles. The molecule has 0 atom stereocenters. The Hall–Kier alpha value is -1.35. The fourth-order valence-corrected chi connectivity index (χ4v) is 2.29. The number of ketones is 1. The van der Waals surface area contributed by atoms with Crippen LogP contribution < -0.4 is 5.32 Å². The van der Waals surface area contributed by atoms with Gasteiger partial charge in [-0.1, -0.05) is 19.3 Å². The van der Waals surface area contributed by atoms with Crippen LogP contribution in [0.1, 0.15) is 42.5 Å². The maximum Gasteiger partial charge on any atom is 0.176 e. The molecule has 0 bridgehead atoms. The molecule has 1 aliphatic rings. The van der Waals surface area contributed by atoms with Crippen LogP contribution in [0, 0.1) is 0 Å². The first-order valence-corrected chi connectivity index (χ1v) is 6.31. The van der Waals surface area contributed by atoms with Gasteiger partial charge in [-0.15, -0.1) is 0 Å². The second-order valence-electron chi connectivity index (χ2n) is 4.69. The Balaban J connectivity index is 1.82. The van der Waals surface area contributed by atoms with Crippen molar-refractivity contribution in [3.05, 3.63) is 29.8 Å². The third-order valence-electron chi connectivity index (χ3n) is 3.35. The average Bonchev–Trinajstić information content (AvgIpc) is 2.38. The Morgan fingerprint density at radius 3 is 2.47 bits per heavy atom. The molecule has 2 rings (SSSR count). The number of aromatic hydroxyl groups is 1. The minimum absolute atomic E-state index is 0.0931. The van der Waals surface area contributed by atoms with Crippen LogP contribution in [-0.4, -0.2) is 23.5 Å². The average molecular weight is 233 g/mol. The summed E-state index contributed by atoms with van der Waals surface area (Å²) in [5, 5.41) is 12.5. The summed E-state index contributed by atoms with van der Waals surface area (Å²) in [6.45, 7) is 0.398. The molecule has 92 valence electrons. The first-order valence-electron chi connectivity index (χ1n) is 6.31. The fraction of sp³-hybridized carbons (Fsp3) is 0.500. The van der Waals surface area contributed by atoms with Crippen molar-refractivity contribution in [3.63, 3.8) is 0 Å². The Kier molecular flexibility index (Phi) is 4.15. The number of benzene rings is 1. The van der Waals surface area contributed by atoms with E-state index in [0.717, 1.165) is 0 Å². The Labute approximate surface area is 102 Å². The molecular weight excluding hydrogens is 214 g/mol. The van der Waals surface area contributed by atoms with Gasteiger partial charge in [0.1, 0.15) is 5.75 Å². The maximum absolute atomic E-state index is 11.9. The standard InChI is InChI=1S/C14H19NO2/c16-13-8-6-11(7-9-13)14(17)10-15-12-4-2-1-3-5-12/h6-9,12,15-16H,1-5,10H2. The van der Waals surface area contributed by atoms with E-state index in [2.05, 4.69) is 5.32 Å². The van der Waals surface area contributed by atoms with Gasteiger partial charge >= 0.3 is 0 Å². The normalized spacial score (nSPS) is 16.9. The number of rotatable bonds is 4. The molecule has 0 amide bonds. The van der Waals surface area contributed by atoms with Gasteiger partial charge in [-0.25, -0.2) is 0 Å². The highest BCUT2D eigenvalue weighted by atomic mass is 16.3. The number of phenols is 1. The molecule has 0 spiro atoms. The minimum Gasteiger partial charge on any atom is -0.508 e. The molecule has 17 heavy (non-hydrogen) atoms. The van der Waals surface area contributed by atoms with Crippen molar-refractivity contribution in [2.45, 2.75) is 38.1 Å². The molecule has 0 unspecified atom stereocenters. The van der Waals surface area contributed by atoms with E-state index in [-0.39, 0.29) is 11.5 Å². The number of carbonyl (C=O) groups excluding carboxylic acids is 1. The first-order chi connectivity index (χ1) is 8.25. The van der Waals surface area contributed by atoms with Crippen LogP contribution in [0.4, 0.5) is 0 Å². The lowest BCUT2D eigenvalue weighted by Gasteiger charge is -2.22. The quantitative estimate of drug-likeness (QED) is 0.785. The summed E-state index contributed by atoms with van der Waals surface area (Å²) in [5.41, 5.74) is 0.658. The zero-order valence-corrected chi connectivity index (χ0v) is 9.98. The molecule has 3 nitrogen and oxygen atoms in total. The van der Waals surface area contributed by atoms with Crippen molar-refractivity contribution in [2.24, 2.45) is 0 Å². The van der Waals surface area contributed by atoms with E-state index < -0.39 is 0 Å². The minimum atomic E-state index is 0.0931. The third kappa shape index (κ3) is 3.56. The molecule has 1 aromatic rings. The fourth-order valence-electron chi connectivity index (χ4n) is 2.29. The predicted octanol–water partition coefficient (Wildman–Crippen LogP) is 2.50. The molecule has 0 aliphatic heterocycles. The van der Waals surface area contributed by atoms with E-state index in [0.29, 0.717) is 18.2 Å². The monoisotopic (exact) mass is 233 g/mol. The number of nitrogens with one attached hydrogen (secondary N) is 1. The van der Waals surface area contributed by atoms with E-state index in [1.807, 2.05) is 0 Å². The second-order valence-corrected chi connectivity index (χ2v) is 4.69. The largest absolute Gasteiger partial charge is 0.508 e. The van der Waals surface area contributed by atoms with E-state index in [9.17, 15) is 4.79 Å². The summed E-state index contributed by atoms with van der Waals surface area (Å²) in [6, 6.07) is 6.94. The first kappa shape index (κ1) is 12.1. The zero-order valence-electron chi connectivity index (χ0n) is 9.98. The predicted molar refractivity (Wildman–Crippen MR) is 67.3 cm³/mol. The van der Waals surface area contributed by atoms with Gasteiger partial charge in [0.25, 0.3) is 0 Å². The van der Waals surface area contributed by atoms with Crippen molar-refractivity contribution in [3.8, 4) is 5.75 Å². The topological polar surface area (TPSA) is 49.3 Å². The Morgan fingerprint density at radius 1 is 1.18 bits per heavy atom. The van der Waals surface area contributed by atoms with Gasteiger partial charge < -0.3 is 10.4 Å². The summed E-state index contributed by atoms with van der Waals surface area (Å²) in [6.07, 6.45) is 6.23. The van der Waals surface area contributed by atoms with Crippen LogP contribution in [0.15, 0.2) is 24.3 Å². The van der Waals surface area contributed by atoms with Gasteiger partial charge in [-0.05, 0) is 37.1 Å². The van der Waals surface area contributed by atoms with Gasteiger partial charge in [-0.2, -0.15) is 0 Å². The number of phenolic OH excluding ortho intramolecular Hbond substituents is 1. The Bertz CT molecular complexity index is 366. The van der Waals surface area contributed by atoms with Crippen LogP contribution in [0.25, 0.3) is 0 Å². The Morgan fingerprint density at radius 2 is 1.82 bits per heavy atom. The van der Waals surface area contributed by atoms with Crippen molar-refractivity contribution >= 4 is 5.78 Å². The molecule has 0 aromatic heterocycles. The lowest BCUT2D eigenvalue weighted by molar-refractivity contribution is 0.0985. The van der Waals surface area contributed by atoms with Gasteiger partial charge in [-0.3, -0.25) is 4.79 Å². The molecule has 1 fully saturated rings. The van der Waals surface area contributed by atoms with Crippen LogP contribution in [-0.2, 0) is 0 Å². The summed E-state index contributed by atoms with van der Waals surface area (Å²) in [7, 11) is 0. The molecule has 1 aromatic carbocycles.